The number of benzene rings is 1. The number of nitrogens with one attached hydrogen (secondary N) is 2. The van der Waals surface area contributed by atoms with E-state index in [4.69, 9.17) is 0 Å². The zero-order chi connectivity index (χ0) is 15.0. The molecular weight excluding hydrogens is 266 g/mol. The minimum Gasteiger partial charge on any atom is -0.378 e. The molecule has 0 spiro atoms. The molecular formula is C15H17N5O. The summed E-state index contributed by atoms with van der Waals surface area (Å²) in [6.07, 6.45) is 0. The Morgan fingerprint density at radius 3 is 2.71 bits per heavy atom. The van der Waals surface area contributed by atoms with Crippen molar-refractivity contribution in [3.63, 3.8) is 0 Å². The molecule has 0 amide bonds. The molecule has 0 saturated heterocycles. The first-order chi connectivity index (χ1) is 10.1. The number of hydrogen-bond acceptors (Lipinski definition) is 4. The molecule has 0 aliphatic rings. The van der Waals surface area contributed by atoms with Crippen molar-refractivity contribution in [1.82, 2.24) is 19.6 Å². The molecule has 3 aromatic rings. The summed E-state index contributed by atoms with van der Waals surface area (Å²) < 4.78 is 1.39. The Hall–Kier alpha value is -2.63. The topological polar surface area (TPSA) is 75.1 Å². The number of H-pyrrole nitrogens is 1. The largest absolute Gasteiger partial charge is 0.378 e. The molecule has 1 aromatic carbocycles. The smallest absolute Gasteiger partial charge is 0.277 e. The van der Waals surface area contributed by atoms with Crippen molar-refractivity contribution >= 4 is 11.5 Å². The van der Waals surface area contributed by atoms with Crippen LogP contribution in [0.25, 0.3) is 5.78 Å². The molecule has 0 radical (unpaired) electrons. The van der Waals surface area contributed by atoms with E-state index in [1.807, 2.05) is 38.1 Å². The fourth-order valence-corrected chi connectivity index (χ4v) is 2.18. The molecule has 0 bridgehead atoms. The highest BCUT2D eigenvalue weighted by atomic mass is 16.1. The minimum absolute atomic E-state index is 0.104. The Labute approximate surface area is 121 Å². The van der Waals surface area contributed by atoms with Gasteiger partial charge in [0.05, 0.1) is 6.54 Å². The van der Waals surface area contributed by atoms with Crippen LogP contribution >= 0.6 is 0 Å². The molecule has 2 aromatic heterocycles. The third kappa shape index (κ3) is 2.40. The van der Waals surface area contributed by atoms with Gasteiger partial charge in [0.25, 0.3) is 11.3 Å². The number of hydrogen-bond donors (Lipinski definition) is 2. The lowest BCUT2D eigenvalue weighted by Crippen LogP contribution is -2.19. The van der Waals surface area contributed by atoms with Gasteiger partial charge >= 0.3 is 0 Å². The van der Waals surface area contributed by atoms with Crippen molar-refractivity contribution in [2.24, 2.45) is 0 Å². The summed E-state index contributed by atoms with van der Waals surface area (Å²) in [4.78, 5) is 20.8. The molecule has 0 unspecified atom stereocenters. The highest BCUT2D eigenvalue weighted by Crippen LogP contribution is 2.13. The fourth-order valence-electron chi connectivity index (χ4n) is 2.18. The molecule has 2 heterocycles. The van der Waals surface area contributed by atoms with Crippen LogP contribution in [0.4, 0.5) is 5.69 Å². The van der Waals surface area contributed by atoms with Gasteiger partial charge in [-0.05, 0) is 32.4 Å². The number of aryl methyl sites for hydroxylation is 2. The van der Waals surface area contributed by atoms with Crippen LogP contribution in [-0.4, -0.2) is 19.6 Å². The zero-order valence-corrected chi connectivity index (χ0v) is 12.3. The van der Waals surface area contributed by atoms with Gasteiger partial charge in [0.15, 0.2) is 0 Å². The molecule has 0 aliphatic heterocycles. The lowest BCUT2D eigenvalue weighted by Gasteiger charge is -2.06. The van der Waals surface area contributed by atoms with Gasteiger partial charge in [0, 0.05) is 16.9 Å². The fraction of sp³-hybridized carbons (Fsp3) is 0.267. The Bertz CT molecular complexity index is 862. The molecule has 0 atom stereocenters. The van der Waals surface area contributed by atoms with E-state index in [9.17, 15) is 4.79 Å². The maximum atomic E-state index is 12.1. The summed E-state index contributed by atoms with van der Waals surface area (Å²) in [7, 11) is 0. The first kappa shape index (κ1) is 13.4. The monoisotopic (exact) mass is 283 g/mol. The van der Waals surface area contributed by atoms with Crippen LogP contribution in [0.15, 0.2) is 29.1 Å². The second-order valence-corrected chi connectivity index (χ2v) is 5.10. The molecule has 0 fully saturated rings. The van der Waals surface area contributed by atoms with Crippen LogP contribution in [0.1, 0.15) is 22.6 Å². The minimum atomic E-state index is -0.104. The highest BCUT2D eigenvalue weighted by Gasteiger charge is 2.10. The number of aromatic nitrogens is 4. The molecule has 21 heavy (non-hydrogen) atoms. The maximum Gasteiger partial charge on any atom is 0.277 e. The van der Waals surface area contributed by atoms with Crippen molar-refractivity contribution in [2.75, 3.05) is 5.32 Å². The van der Waals surface area contributed by atoms with E-state index < -0.39 is 0 Å². The summed E-state index contributed by atoms with van der Waals surface area (Å²) in [5, 5.41) is 6.29. The van der Waals surface area contributed by atoms with E-state index in [-0.39, 0.29) is 5.56 Å². The standard InChI is InChI=1S/C15H17N5O/c1-9-6-4-5-7-12(9)16-8-13-18-15-17-11(3)10(2)14(21)20(15)19-13/h4-7,16H,8H2,1-3H3,(H,17,18,19). The van der Waals surface area contributed by atoms with E-state index in [0.717, 1.165) is 11.3 Å². The summed E-state index contributed by atoms with van der Waals surface area (Å²) >= 11 is 0. The van der Waals surface area contributed by atoms with Gasteiger partial charge < -0.3 is 5.32 Å². The number of rotatable bonds is 3. The summed E-state index contributed by atoms with van der Waals surface area (Å²) in [5.41, 5.74) is 3.45. The third-order valence-corrected chi connectivity index (χ3v) is 3.60. The van der Waals surface area contributed by atoms with Crippen molar-refractivity contribution in [3.05, 3.63) is 57.3 Å². The number of nitrogens with zero attached hydrogens (tertiary/aromatic N) is 3. The predicted molar refractivity (Wildman–Crippen MR) is 81.6 cm³/mol. The van der Waals surface area contributed by atoms with E-state index in [1.165, 1.54) is 4.52 Å². The van der Waals surface area contributed by atoms with Crippen LogP contribution in [0, 0.1) is 20.8 Å². The van der Waals surface area contributed by atoms with Crippen LogP contribution in [-0.2, 0) is 6.54 Å². The van der Waals surface area contributed by atoms with Crippen molar-refractivity contribution in [3.8, 4) is 0 Å². The summed E-state index contributed by atoms with van der Waals surface area (Å²) in [5.74, 6) is 1.08. The first-order valence-corrected chi connectivity index (χ1v) is 6.80. The highest BCUT2D eigenvalue weighted by molar-refractivity contribution is 5.50. The van der Waals surface area contributed by atoms with E-state index in [2.05, 4.69) is 20.4 Å². The van der Waals surface area contributed by atoms with E-state index in [1.54, 1.807) is 6.92 Å². The molecule has 0 aliphatic carbocycles. The third-order valence-electron chi connectivity index (χ3n) is 3.60. The Morgan fingerprint density at radius 1 is 1.19 bits per heavy atom. The number of para-hydroxylation sites is 1. The first-order valence-electron chi connectivity index (χ1n) is 6.80. The number of anilines is 1. The normalized spacial score (nSPS) is 11.0. The molecule has 108 valence electrons. The maximum absolute atomic E-state index is 12.1. The van der Waals surface area contributed by atoms with Gasteiger partial charge in [-0.3, -0.25) is 9.89 Å². The molecule has 2 N–H and O–H groups in total. The van der Waals surface area contributed by atoms with Crippen LogP contribution in [0.5, 0.6) is 0 Å². The molecule has 6 heteroatoms. The van der Waals surface area contributed by atoms with Crippen LogP contribution in [0.2, 0.25) is 0 Å². The Kier molecular flexibility index (Phi) is 3.21. The van der Waals surface area contributed by atoms with Gasteiger partial charge in [-0.15, -0.1) is 0 Å². The Morgan fingerprint density at radius 2 is 1.95 bits per heavy atom. The van der Waals surface area contributed by atoms with Crippen molar-refractivity contribution in [1.29, 1.82) is 0 Å². The zero-order valence-electron chi connectivity index (χ0n) is 12.3. The second kappa shape index (κ2) is 5.05. The lowest BCUT2D eigenvalue weighted by molar-refractivity contribution is 0.841. The number of fused-ring (bicyclic) bond motifs is 1. The second-order valence-electron chi connectivity index (χ2n) is 5.10. The van der Waals surface area contributed by atoms with Gasteiger partial charge in [0.2, 0.25) is 0 Å². The average molecular weight is 283 g/mol. The molecule has 3 rings (SSSR count). The van der Waals surface area contributed by atoms with Gasteiger partial charge in [0.1, 0.15) is 5.82 Å². The van der Waals surface area contributed by atoms with Gasteiger partial charge in [-0.2, -0.15) is 9.50 Å². The number of aromatic amines is 1. The predicted octanol–water partition coefficient (Wildman–Crippen LogP) is 1.95. The van der Waals surface area contributed by atoms with Gasteiger partial charge in [-0.25, -0.2) is 4.98 Å². The summed E-state index contributed by atoms with van der Waals surface area (Å²) in [6.45, 7) is 6.13. The average Bonchev–Trinajstić information content (AvgIpc) is 2.87. The summed E-state index contributed by atoms with van der Waals surface area (Å²) in [6, 6.07) is 8.03. The molecule has 6 nitrogen and oxygen atoms in total. The quantitative estimate of drug-likeness (QED) is 0.770. The van der Waals surface area contributed by atoms with E-state index in [0.29, 0.717) is 29.4 Å². The van der Waals surface area contributed by atoms with Crippen molar-refractivity contribution in [2.45, 2.75) is 27.3 Å². The SMILES string of the molecule is Cc1ccccc1NCc1nc2nc(C)c(C)c(=O)n2[nH]1. The van der Waals surface area contributed by atoms with Crippen LogP contribution in [0.3, 0.4) is 0 Å². The molecule has 0 saturated carbocycles. The lowest BCUT2D eigenvalue weighted by atomic mass is 10.2. The van der Waals surface area contributed by atoms with Crippen molar-refractivity contribution < 1.29 is 0 Å². The van der Waals surface area contributed by atoms with Gasteiger partial charge in [-0.1, -0.05) is 18.2 Å². The van der Waals surface area contributed by atoms with Crippen LogP contribution < -0.4 is 10.9 Å². The van der Waals surface area contributed by atoms with E-state index >= 15 is 0 Å². The Balaban J connectivity index is 1.91.